The molecule has 0 atom stereocenters. The summed E-state index contributed by atoms with van der Waals surface area (Å²) in [7, 11) is 0. The van der Waals surface area contributed by atoms with Crippen LogP contribution >= 0.6 is 22.7 Å². The molecule has 0 aliphatic rings. The molecule has 2 aromatic heterocycles. The average molecular weight is 351 g/mol. The van der Waals surface area contributed by atoms with Crippen LogP contribution in [-0.2, 0) is 11.8 Å². The van der Waals surface area contributed by atoms with E-state index in [4.69, 9.17) is 4.99 Å². The molecule has 2 heterocycles. The predicted octanol–water partition coefficient (Wildman–Crippen LogP) is 3.59. The number of guanidine groups is 1. The molecule has 0 radical (unpaired) electrons. The summed E-state index contributed by atoms with van der Waals surface area (Å²) in [6, 6.07) is 4.29. The molecule has 0 bridgehead atoms. The lowest BCUT2D eigenvalue weighted by molar-refractivity contribution is 0.548. The number of hydrogen-bond donors (Lipinski definition) is 2. The molecule has 0 amide bonds. The summed E-state index contributed by atoms with van der Waals surface area (Å²) in [5, 5.41) is 12.1. The summed E-state index contributed by atoms with van der Waals surface area (Å²) in [4.78, 5) is 10.6. The van der Waals surface area contributed by atoms with E-state index in [1.165, 1.54) is 4.88 Å². The van der Waals surface area contributed by atoms with E-state index in [9.17, 15) is 0 Å². The Bertz CT molecular complexity index is 614. The van der Waals surface area contributed by atoms with Gasteiger partial charge in [0.2, 0.25) is 0 Å². The number of thiazole rings is 1. The molecule has 0 aliphatic heterocycles. The number of aryl methyl sites for hydroxylation is 1. The Hall–Kier alpha value is -1.40. The number of hydrogen-bond acceptors (Lipinski definition) is 4. The van der Waals surface area contributed by atoms with Crippen LogP contribution in [0.15, 0.2) is 27.9 Å². The Morgan fingerprint density at radius 1 is 1.30 bits per heavy atom. The lowest BCUT2D eigenvalue weighted by Gasteiger charge is -2.21. The topological polar surface area (TPSA) is 49.3 Å². The summed E-state index contributed by atoms with van der Waals surface area (Å²) in [5.74, 6) is 0.879. The van der Waals surface area contributed by atoms with Gasteiger partial charge in [-0.15, -0.1) is 22.7 Å². The van der Waals surface area contributed by atoms with E-state index < -0.39 is 0 Å². The zero-order valence-corrected chi connectivity index (χ0v) is 16.0. The molecule has 0 saturated heterocycles. The van der Waals surface area contributed by atoms with Crippen LogP contribution in [0.3, 0.4) is 0 Å². The first kappa shape index (κ1) is 17.9. The van der Waals surface area contributed by atoms with Crippen LogP contribution in [0, 0.1) is 6.92 Å². The minimum Gasteiger partial charge on any atom is -0.357 e. The Morgan fingerprint density at radius 2 is 2.13 bits per heavy atom. The van der Waals surface area contributed by atoms with Crippen molar-refractivity contribution in [1.82, 2.24) is 15.6 Å². The summed E-state index contributed by atoms with van der Waals surface area (Å²) in [5.41, 5.74) is 1.21. The van der Waals surface area contributed by atoms with Crippen LogP contribution < -0.4 is 10.6 Å². The van der Waals surface area contributed by atoms with Gasteiger partial charge in [0.1, 0.15) is 0 Å². The highest BCUT2D eigenvalue weighted by Gasteiger charge is 2.21. The molecule has 2 aromatic rings. The molecule has 6 heteroatoms. The van der Waals surface area contributed by atoms with Gasteiger partial charge in [-0.05, 0) is 25.3 Å². The Labute approximate surface area is 147 Å². The molecular weight excluding hydrogens is 324 g/mol. The Morgan fingerprint density at radius 3 is 2.74 bits per heavy atom. The molecule has 0 spiro atoms. The standard InChI is InChI=1S/C17H26N4S2/c1-5-18-16(19-9-8-14-11-23-13(2)21-14)20-12-17(3,4)15-7-6-10-22-15/h6-7,10-11H,5,8-9,12H2,1-4H3,(H2,18,19,20). The highest BCUT2D eigenvalue weighted by molar-refractivity contribution is 7.10. The quantitative estimate of drug-likeness (QED) is 0.593. The second-order valence-corrected chi connectivity index (χ2v) is 8.10. The number of aromatic nitrogens is 1. The Kier molecular flexibility index (Phi) is 6.59. The summed E-state index contributed by atoms with van der Waals surface area (Å²) in [6.45, 7) is 11.1. The smallest absolute Gasteiger partial charge is 0.191 e. The van der Waals surface area contributed by atoms with Gasteiger partial charge in [-0.1, -0.05) is 19.9 Å². The van der Waals surface area contributed by atoms with E-state index in [0.717, 1.165) is 42.7 Å². The van der Waals surface area contributed by atoms with Crippen molar-refractivity contribution in [2.75, 3.05) is 19.6 Å². The molecule has 2 rings (SSSR count). The van der Waals surface area contributed by atoms with Crippen molar-refractivity contribution in [3.8, 4) is 0 Å². The zero-order valence-electron chi connectivity index (χ0n) is 14.3. The van der Waals surface area contributed by atoms with E-state index in [1.54, 1.807) is 22.7 Å². The van der Waals surface area contributed by atoms with Gasteiger partial charge in [-0.25, -0.2) is 4.98 Å². The van der Waals surface area contributed by atoms with E-state index in [0.29, 0.717) is 0 Å². The van der Waals surface area contributed by atoms with Crippen LogP contribution in [0.25, 0.3) is 0 Å². The third kappa shape index (κ3) is 5.62. The van der Waals surface area contributed by atoms with E-state index >= 15 is 0 Å². The van der Waals surface area contributed by atoms with Gasteiger partial charge in [-0.3, -0.25) is 4.99 Å². The molecule has 126 valence electrons. The second kappa shape index (κ2) is 8.45. The van der Waals surface area contributed by atoms with Crippen molar-refractivity contribution < 1.29 is 0 Å². The summed E-state index contributed by atoms with van der Waals surface area (Å²) in [6.07, 6.45) is 0.920. The van der Waals surface area contributed by atoms with Gasteiger partial charge in [0.05, 0.1) is 17.2 Å². The van der Waals surface area contributed by atoms with Crippen molar-refractivity contribution in [2.45, 2.75) is 39.5 Å². The zero-order chi connectivity index (χ0) is 16.7. The number of nitrogens with zero attached hydrogens (tertiary/aromatic N) is 2. The van der Waals surface area contributed by atoms with Gasteiger partial charge in [-0.2, -0.15) is 0 Å². The maximum atomic E-state index is 4.76. The lowest BCUT2D eigenvalue weighted by atomic mass is 9.92. The lowest BCUT2D eigenvalue weighted by Crippen LogP contribution is -2.39. The van der Waals surface area contributed by atoms with Gasteiger partial charge in [0.15, 0.2) is 5.96 Å². The molecule has 0 fully saturated rings. The third-order valence-electron chi connectivity index (χ3n) is 3.51. The SMILES string of the molecule is CCNC(=NCC(C)(C)c1cccs1)NCCc1csc(C)n1. The van der Waals surface area contributed by atoms with Crippen LogP contribution in [0.1, 0.15) is 36.3 Å². The van der Waals surface area contributed by atoms with E-state index in [1.807, 2.05) is 6.92 Å². The normalized spacial score (nSPS) is 12.4. The summed E-state index contributed by atoms with van der Waals surface area (Å²) < 4.78 is 0. The number of nitrogens with one attached hydrogen (secondary N) is 2. The van der Waals surface area contributed by atoms with Gasteiger partial charge < -0.3 is 10.6 Å². The minimum absolute atomic E-state index is 0.0581. The van der Waals surface area contributed by atoms with Crippen molar-refractivity contribution in [3.05, 3.63) is 38.5 Å². The van der Waals surface area contributed by atoms with Gasteiger partial charge in [0.25, 0.3) is 0 Å². The Balaban J connectivity index is 1.89. The molecule has 0 unspecified atom stereocenters. The third-order valence-corrected chi connectivity index (χ3v) is 5.56. The van der Waals surface area contributed by atoms with Crippen LogP contribution in [0.5, 0.6) is 0 Å². The fourth-order valence-electron chi connectivity index (χ4n) is 2.19. The van der Waals surface area contributed by atoms with Crippen LogP contribution in [0.2, 0.25) is 0 Å². The number of aliphatic imine (C=N–C) groups is 1. The maximum absolute atomic E-state index is 4.76. The molecule has 4 nitrogen and oxygen atoms in total. The highest BCUT2D eigenvalue weighted by Crippen LogP contribution is 2.27. The molecule has 23 heavy (non-hydrogen) atoms. The summed E-state index contributed by atoms with van der Waals surface area (Å²) >= 11 is 3.50. The molecular formula is C17H26N4S2. The fourth-order valence-corrected chi connectivity index (χ4v) is 3.68. The van der Waals surface area contributed by atoms with Gasteiger partial charge in [0, 0.05) is 35.2 Å². The van der Waals surface area contributed by atoms with Crippen molar-refractivity contribution in [1.29, 1.82) is 0 Å². The molecule has 0 aromatic carbocycles. The fraction of sp³-hybridized carbons (Fsp3) is 0.529. The minimum atomic E-state index is 0.0581. The van der Waals surface area contributed by atoms with Crippen LogP contribution in [0.4, 0.5) is 0 Å². The second-order valence-electron chi connectivity index (χ2n) is 6.09. The average Bonchev–Trinajstić information content (AvgIpc) is 3.17. The van der Waals surface area contributed by atoms with E-state index in [2.05, 4.69) is 59.3 Å². The molecule has 2 N–H and O–H groups in total. The molecule has 0 aliphatic carbocycles. The first-order valence-corrected chi connectivity index (χ1v) is 9.74. The number of rotatable bonds is 7. The first-order chi connectivity index (χ1) is 11.0. The monoisotopic (exact) mass is 350 g/mol. The van der Waals surface area contributed by atoms with E-state index in [-0.39, 0.29) is 5.41 Å². The van der Waals surface area contributed by atoms with Crippen LogP contribution in [-0.4, -0.2) is 30.6 Å². The molecule has 0 saturated carbocycles. The largest absolute Gasteiger partial charge is 0.357 e. The van der Waals surface area contributed by atoms with Gasteiger partial charge >= 0.3 is 0 Å². The first-order valence-electron chi connectivity index (χ1n) is 7.98. The highest BCUT2D eigenvalue weighted by atomic mass is 32.1. The number of thiophene rings is 1. The maximum Gasteiger partial charge on any atom is 0.191 e. The predicted molar refractivity (Wildman–Crippen MR) is 102 cm³/mol. The van der Waals surface area contributed by atoms with Crippen molar-refractivity contribution in [3.63, 3.8) is 0 Å². The van der Waals surface area contributed by atoms with Crippen molar-refractivity contribution >= 4 is 28.6 Å². The van der Waals surface area contributed by atoms with Crippen molar-refractivity contribution in [2.24, 2.45) is 4.99 Å².